The summed E-state index contributed by atoms with van der Waals surface area (Å²) in [6.45, 7) is 0. The lowest BCUT2D eigenvalue weighted by molar-refractivity contribution is 0.102. The number of amides is 3. The summed E-state index contributed by atoms with van der Waals surface area (Å²) in [6, 6.07) is 10.5. The van der Waals surface area contributed by atoms with Crippen LogP contribution in [-0.4, -0.2) is 11.9 Å². The molecule has 21 heavy (non-hydrogen) atoms. The van der Waals surface area contributed by atoms with Crippen molar-refractivity contribution in [1.29, 1.82) is 0 Å². The topological polar surface area (TPSA) is 84.2 Å². The largest absolute Gasteiger partial charge is 0.351 e. The van der Waals surface area contributed by atoms with Crippen molar-refractivity contribution in [3.8, 4) is 0 Å². The molecule has 0 bridgehead atoms. The van der Waals surface area contributed by atoms with E-state index in [-0.39, 0.29) is 5.91 Å². The van der Waals surface area contributed by atoms with E-state index in [9.17, 15) is 9.59 Å². The van der Waals surface area contributed by atoms with Crippen LogP contribution in [0.1, 0.15) is 10.4 Å². The van der Waals surface area contributed by atoms with Crippen molar-refractivity contribution in [3.05, 3.63) is 58.1 Å². The van der Waals surface area contributed by atoms with Crippen molar-refractivity contribution in [2.45, 2.75) is 0 Å². The van der Waals surface area contributed by atoms with E-state index in [4.69, 9.17) is 28.9 Å². The summed E-state index contributed by atoms with van der Waals surface area (Å²) in [6.07, 6.45) is 0. The average Bonchev–Trinajstić information content (AvgIpc) is 2.42. The molecule has 7 heteroatoms. The molecule has 0 atom stereocenters. The normalized spacial score (nSPS) is 10.0. The monoisotopic (exact) mass is 323 g/mol. The van der Waals surface area contributed by atoms with Crippen LogP contribution in [-0.2, 0) is 0 Å². The number of rotatable bonds is 3. The first-order chi connectivity index (χ1) is 9.95. The van der Waals surface area contributed by atoms with E-state index in [1.54, 1.807) is 36.4 Å². The van der Waals surface area contributed by atoms with Crippen molar-refractivity contribution < 1.29 is 9.59 Å². The Hall–Kier alpha value is -2.24. The lowest BCUT2D eigenvalue weighted by Gasteiger charge is -2.08. The minimum absolute atomic E-state index is 0.346. The molecule has 0 saturated carbocycles. The zero-order valence-electron chi connectivity index (χ0n) is 10.7. The highest BCUT2D eigenvalue weighted by Crippen LogP contribution is 2.25. The third kappa shape index (κ3) is 4.11. The molecule has 0 unspecified atom stereocenters. The number of nitrogens with one attached hydrogen (secondary N) is 2. The Morgan fingerprint density at radius 2 is 1.62 bits per heavy atom. The molecule has 3 amide bonds. The number of urea groups is 1. The fraction of sp³-hybridized carbons (Fsp3) is 0. The highest BCUT2D eigenvalue weighted by atomic mass is 35.5. The van der Waals surface area contributed by atoms with E-state index in [1.165, 1.54) is 6.07 Å². The minimum atomic E-state index is -0.697. The summed E-state index contributed by atoms with van der Waals surface area (Å²) in [5.41, 5.74) is 6.35. The molecule has 2 aromatic rings. The van der Waals surface area contributed by atoms with Crippen LogP contribution in [0.3, 0.4) is 0 Å². The summed E-state index contributed by atoms with van der Waals surface area (Å²) in [5.74, 6) is -0.346. The van der Waals surface area contributed by atoms with Gasteiger partial charge in [-0.1, -0.05) is 29.3 Å². The van der Waals surface area contributed by atoms with Crippen molar-refractivity contribution in [1.82, 2.24) is 0 Å². The standard InChI is InChI=1S/C14H11Cl2N3O2/c15-11-5-4-10(7-12(11)16)18-13(20)8-2-1-3-9(6-8)19-14(17)21/h1-7H,(H,18,20)(H3,17,19,21). The molecule has 4 N–H and O–H groups in total. The lowest BCUT2D eigenvalue weighted by Crippen LogP contribution is -2.19. The third-order valence-corrected chi connectivity index (χ3v) is 3.31. The molecule has 0 heterocycles. The predicted octanol–water partition coefficient (Wildman–Crippen LogP) is 3.74. The first-order valence-electron chi connectivity index (χ1n) is 5.88. The fourth-order valence-electron chi connectivity index (χ4n) is 1.66. The van der Waals surface area contributed by atoms with Crippen LogP contribution in [0.5, 0.6) is 0 Å². The van der Waals surface area contributed by atoms with Crippen LogP contribution in [0.4, 0.5) is 16.2 Å². The predicted molar refractivity (Wildman–Crippen MR) is 84.1 cm³/mol. The number of hydrogen-bond acceptors (Lipinski definition) is 2. The first-order valence-corrected chi connectivity index (χ1v) is 6.64. The Morgan fingerprint density at radius 1 is 0.905 bits per heavy atom. The lowest BCUT2D eigenvalue weighted by atomic mass is 10.2. The van der Waals surface area contributed by atoms with Gasteiger partial charge in [-0.2, -0.15) is 0 Å². The van der Waals surface area contributed by atoms with Crippen molar-refractivity contribution in [3.63, 3.8) is 0 Å². The summed E-state index contributed by atoms with van der Waals surface area (Å²) >= 11 is 11.7. The molecule has 0 saturated heterocycles. The quantitative estimate of drug-likeness (QED) is 0.803. The van der Waals surface area contributed by atoms with E-state index in [0.29, 0.717) is 27.0 Å². The average molecular weight is 324 g/mol. The second-order valence-electron chi connectivity index (χ2n) is 4.15. The summed E-state index contributed by atoms with van der Waals surface area (Å²) in [7, 11) is 0. The minimum Gasteiger partial charge on any atom is -0.351 e. The Labute approximate surface area is 131 Å². The van der Waals surface area contributed by atoms with E-state index < -0.39 is 6.03 Å². The van der Waals surface area contributed by atoms with E-state index in [2.05, 4.69) is 10.6 Å². The number of carbonyl (C=O) groups is 2. The molecule has 108 valence electrons. The zero-order valence-corrected chi connectivity index (χ0v) is 12.2. The second kappa shape index (κ2) is 6.47. The van der Waals surface area contributed by atoms with E-state index >= 15 is 0 Å². The highest BCUT2D eigenvalue weighted by molar-refractivity contribution is 6.42. The van der Waals surface area contributed by atoms with Gasteiger partial charge >= 0.3 is 6.03 Å². The number of anilines is 2. The molecule has 0 spiro atoms. The molecular weight excluding hydrogens is 313 g/mol. The Bertz CT molecular complexity index is 704. The smallest absolute Gasteiger partial charge is 0.316 e. The summed E-state index contributed by atoms with van der Waals surface area (Å²) in [5, 5.41) is 5.83. The van der Waals surface area contributed by atoms with Crippen molar-refractivity contribution in [2.75, 3.05) is 10.6 Å². The molecule has 0 aliphatic carbocycles. The van der Waals surface area contributed by atoms with Gasteiger partial charge < -0.3 is 16.4 Å². The number of nitrogens with two attached hydrogens (primary N) is 1. The first kappa shape index (κ1) is 15.2. The van der Waals surface area contributed by atoms with E-state index in [1.807, 2.05) is 0 Å². The fourth-order valence-corrected chi connectivity index (χ4v) is 1.96. The van der Waals surface area contributed by atoms with Crippen molar-refractivity contribution in [2.24, 2.45) is 5.73 Å². The Morgan fingerprint density at radius 3 is 2.29 bits per heavy atom. The molecule has 0 aliphatic heterocycles. The van der Waals surface area contributed by atoms with Gasteiger partial charge in [0, 0.05) is 16.9 Å². The van der Waals surface area contributed by atoms with Gasteiger partial charge in [-0.3, -0.25) is 4.79 Å². The van der Waals surface area contributed by atoms with Crippen LogP contribution >= 0.6 is 23.2 Å². The van der Waals surface area contributed by atoms with Gasteiger partial charge in [0.25, 0.3) is 5.91 Å². The van der Waals surface area contributed by atoms with Crippen molar-refractivity contribution >= 4 is 46.5 Å². The molecule has 2 aromatic carbocycles. The maximum absolute atomic E-state index is 12.1. The van der Waals surface area contributed by atoms with Crippen LogP contribution in [0.15, 0.2) is 42.5 Å². The van der Waals surface area contributed by atoms with Gasteiger partial charge in [0.05, 0.1) is 10.0 Å². The number of benzene rings is 2. The number of halogens is 2. The van der Waals surface area contributed by atoms with Crippen LogP contribution in [0, 0.1) is 0 Å². The molecule has 0 radical (unpaired) electrons. The summed E-state index contributed by atoms with van der Waals surface area (Å²) in [4.78, 5) is 22.9. The molecule has 5 nitrogen and oxygen atoms in total. The van der Waals surface area contributed by atoms with Crippen LogP contribution in [0.25, 0.3) is 0 Å². The second-order valence-corrected chi connectivity index (χ2v) is 4.97. The van der Waals surface area contributed by atoms with Gasteiger partial charge in [-0.25, -0.2) is 4.79 Å². The number of hydrogen-bond donors (Lipinski definition) is 3. The number of primary amides is 1. The summed E-state index contributed by atoms with van der Waals surface area (Å²) < 4.78 is 0. The Kier molecular flexibility index (Phi) is 4.67. The van der Waals surface area contributed by atoms with Crippen LogP contribution < -0.4 is 16.4 Å². The van der Waals surface area contributed by atoms with Gasteiger partial charge in [0.15, 0.2) is 0 Å². The van der Waals surface area contributed by atoms with Gasteiger partial charge in [0.2, 0.25) is 0 Å². The van der Waals surface area contributed by atoms with Gasteiger partial charge in [-0.05, 0) is 36.4 Å². The molecule has 0 fully saturated rings. The SMILES string of the molecule is NC(=O)Nc1cccc(C(=O)Nc2ccc(Cl)c(Cl)c2)c1. The zero-order chi connectivity index (χ0) is 15.4. The van der Waals surface area contributed by atoms with Crippen LogP contribution in [0.2, 0.25) is 10.0 Å². The van der Waals surface area contributed by atoms with Gasteiger partial charge in [0.1, 0.15) is 0 Å². The highest BCUT2D eigenvalue weighted by Gasteiger charge is 2.08. The molecule has 0 aliphatic rings. The molecular formula is C14H11Cl2N3O2. The Balaban J connectivity index is 2.16. The molecule has 2 rings (SSSR count). The maximum Gasteiger partial charge on any atom is 0.316 e. The third-order valence-electron chi connectivity index (χ3n) is 2.57. The van der Waals surface area contributed by atoms with E-state index in [0.717, 1.165) is 0 Å². The maximum atomic E-state index is 12.1. The molecule has 0 aromatic heterocycles. The number of carbonyl (C=O) groups excluding carboxylic acids is 2. The van der Waals surface area contributed by atoms with Gasteiger partial charge in [-0.15, -0.1) is 0 Å².